The van der Waals surface area contributed by atoms with Gasteiger partial charge in [0.05, 0.1) is 0 Å². The van der Waals surface area contributed by atoms with E-state index >= 15 is 0 Å². The number of benzene rings is 2. The van der Waals surface area contributed by atoms with Crippen molar-refractivity contribution in [2.24, 2.45) is 0 Å². The molecule has 1 nitrogen and oxygen atoms in total. The van der Waals surface area contributed by atoms with Gasteiger partial charge in [-0.1, -0.05) is 98.7 Å². The van der Waals surface area contributed by atoms with Crippen LogP contribution in [0.15, 0.2) is 36.4 Å². The Kier molecular flexibility index (Phi) is 6.38. The van der Waals surface area contributed by atoms with Crippen molar-refractivity contribution in [3.8, 4) is 5.75 Å². The molecular weight excluding hydrogens is 340 g/mol. The summed E-state index contributed by atoms with van der Waals surface area (Å²) >= 11 is 0. The monoisotopic (exact) mass is 380 g/mol. The van der Waals surface area contributed by atoms with E-state index in [1.165, 1.54) is 16.7 Å². The highest BCUT2D eigenvalue weighted by Crippen LogP contribution is 2.46. The Balaban J connectivity index is 2.55. The topological polar surface area (TPSA) is 20.2 Å². The fourth-order valence-electron chi connectivity index (χ4n) is 4.15. The summed E-state index contributed by atoms with van der Waals surface area (Å²) in [6.07, 6.45) is 2.98. The largest absolute Gasteiger partial charge is 0.507 e. The van der Waals surface area contributed by atoms with Crippen molar-refractivity contribution in [2.45, 2.75) is 97.8 Å². The van der Waals surface area contributed by atoms with Crippen LogP contribution in [-0.2, 0) is 29.1 Å². The van der Waals surface area contributed by atoms with E-state index < -0.39 is 0 Å². The van der Waals surface area contributed by atoms with Crippen LogP contribution in [0.1, 0.15) is 96.6 Å². The second-order valence-electron chi connectivity index (χ2n) is 11.3. The van der Waals surface area contributed by atoms with Gasteiger partial charge in [0.15, 0.2) is 0 Å². The maximum atomic E-state index is 11.4. The number of aromatic hydroxyl groups is 1. The van der Waals surface area contributed by atoms with Gasteiger partial charge in [-0.3, -0.25) is 0 Å². The second kappa shape index (κ2) is 7.93. The molecule has 154 valence electrons. The quantitative estimate of drug-likeness (QED) is 0.583. The Bertz CT molecular complexity index is 793. The van der Waals surface area contributed by atoms with Crippen molar-refractivity contribution >= 4 is 0 Å². The van der Waals surface area contributed by atoms with E-state index in [2.05, 4.69) is 98.7 Å². The van der Waals surface area contributed by atoms with E-state index in [0.717, 1.165) is 30.4 Å². The van der Waals surface area contributed by atoms with E-state index in [0.29, 0.717) is 5.75 Å². The molecular formula is C27H40O. The first-order chi connectivity index (χ1) is 12.7. The Morgan fingerprint density at radius 2 is 1.21 bits per heavy atom. The van der Waals surface area contributed by atoms with Crippen LogP contribution in [0.5, 0.6) is 5.75 Å². The molecule has 0 saturated carbocycles. The molecule has 2 rings (SSSR count). The Labute approximate surface area is 173 Å². The molecule has 0 aliphatic rings. The summed E-state index contributed by atoms with van der Waals surface area (Å²) in [4.78, 5) is 0. The molecule has 0 atom stereocenters. The summed E-state index contributed by atoms with van der Waals surface area (Å²) in [6.45, 7) is 20.3. The van der Waals surface area contributed by atoms with Crippen LogP contribution in [-0.4, -0.2) is 5.11 Å². The van der Waals surface area contributed by atoms with Crippen molar-refractivity contribution in [1.82, 2.24) is 0 Å². The standard InChI is InChI=1S/C27H40O/c1-25(2,3)21-18-20(17-13-16-19-14-11-10-12-15-19)24(28)23(27(7,8)9)22(21)26(4,5)6/h10-12,14-15,18,28H,13,16-17H2,1-9H3. The van der Waals surface area contributed by atoms with Crippen LogP contribution in [0.2, 0.25) is 0 Å². The summed E-state index contributed by atoms with van der Waals surface area (Å²) in [5.74, 6) is 0.512. The predicted molar refractivity (Wildman–Crippen MR) is 123 cm³/mol. The Hall–Kier alpha value is -1.76. The first kappa shape index (κ1) is 22.5. The smallest absolute Gasteiger partial charge is 0.122 e. The van der Waals surface area contributed by atoms with E-state index in [4.69, 9.17) is 0 Å². The number of rotatable bonds is 4. The van der Waals surface area contributed by atoms with Gasteiger partial charge >= 0.3 is 0 Å². The van der Waals surface area contributed by atoms with Crippen LogP contribution in [0.3, 0.4) is 0 Å². The molecule has 0 bridgehead atoms. The van der Waals surface area contributed by atoms with Crippen LogP contribution in [0.4, 0.5) is 0 Å². The van der Waals surface area contributed by atoms with Gasteiger partial charge in [-0.15, -0.1) is 0 Å². The molecule has 2 aromatic carbocycles. The summed E-state index contributed by atoms with van der Waals surface area (Å²) in [5, 5.41) is 11.4. The molecule has 1 heteroatoms. The van der Waals surface area contributed by atoms with Gasteiger partial charge in [0.1, 0.15) is 5.75 Å². The molecule has 0 saturated heterocycles. The molecule has 0 aliphatic carbocycles. The second-order valence-corrected chi connectivity index (χ2v) is 11.3. The van der Waals surface area contributed by atoms with E-state index in [9.17, 15) is 5.11 Å². The lowest BCUT2D eigenvalue weighted by atomic mass is 9.67. The van der Waals surface area contributed by atoms with Gasteiger partial charge in [-0.25, -0.2) is 0 Å². The van der Waals surface area contributed by atoms with Crippen molar-refractivity contribution in [2.75, 3.05) is 0 Å². The fourth-order valence-corrected chi connectivity index (χ4v) is 4.15. The number of phenolic OH excluding ortho intramolecular Hbond substituents is 1. The summed E-state index contributed by atoms with van der Waals surface area (Å²) < 4.78 is 0. The van der Waals surface area contributed by atoms with Gasteiger partial charge in [0.25, 0.3) is 0 Å². The molecule has 0 aliphatic heterocycles. The molecule has 0 aromatic heterocycles. The third kappa shape index (κ3) is 5.19. The summed E-state index contributed by atoms with van der Waals surface area (Å²) in [6, 6.07) is 12.9. The first-order valence-corrected chi connectivity index (χ1v) is 10.7. The van der Waals surface area contributed by atoms with Gasteiger partial charge in [0, 0.05) is 5.56 Å². The molecule has 0 unspecified atom stereocenters. The van der Waals surface area contributed by atoms with Gasteiger partial charge in [0.2, 0.25) is 0 Å². The minimum absolute atomic E-state index is 0.0225. The molecule has 0 spiro atoms. The average molecular weight is 381 g/mol. The van der Waals surface area contributed by atoms with Crippen molar-refractivity contribution in [1.29, 1.82) is 0 Å². The van der Waals surface area contributed by atoms with Crippen molar-refractivity contribution < 1.29 is 5.11 Å². The van der Waals surface area contributed by atoms with Crippen LogP contribution < -0.4 is 0 Å². The minimum atomic E-state index is -0.109. The van der Waals surface area contributed by atoms with Gasteiger partial charge in [-0.05, 0) is 57.8 Å². The van der Waals surface area contributed by atoms with E-state index in [1.54, 1.807) is 0 Å². The molecule has 0 radical (unpaired) electrons. The van der Waals surface area contributed by atoms with Gasteiger partial charge in [-0.2, -0.15) is 0 Å². The Morgan fingerprint density at radius 3 is 1.68 bits per heavy atom. The maximum Gasteiger partial charge on any atom is 0.122 e. The first-order valence-electron chi connectivity index (χ1n) is 10.7. The van der Waals surface area contributed by atoms with E-state index in [-0.39, 0.29) is 16.2 Å². The molecule has 0 heterocycles. The molecule has 28 heavy (non-hydrogen) atoms. The van der Waals surface area contributed by atoms with Crippen molar-refractivity contribution in [3.05, 3.63) is 64.2 Å². The number of hydrogen-bond donors (Lipinski definition) is 1. The van der Waals surface area contributed by atoms with Gasteiger partial charge < -0.3 is 5.11 Å². The molecule has 1 N–H and O–H groups in total. The lowest BCUT2D eigenvalue weighted by molar-refractivity contribution is 0.422. The van der Waals surface area contributed by atoms with Crippen LogP contribution >= 0.6 is 0 Å². The van der Waals surface area contributed by atoms with Crippen LogP contribution in [0.25, 0.3) is 0 Å². The highest BCUT2D eigenvalue weighted by atomic mass is 16.3. The lowest BCUT2D eigenvalue weighted by Gasteiger charge is -2.37. The van der Waals surface area contributed by atoms with Crippen molar-refractivity contribution in [3.63, 3.8) is 0 Å². The summed E-state index contributed by atoms with van der Waals surface area (Å²) in [7, 11) is 0. The molecule has 0 amide bonds. The summed E-state index contributed by atoms with van der Waals surface area (Å²) in [5.41, 5.74) is 6.17. The number of aryl methyl sites for hydroxylation is 2. The fraction of sp³-hybridized carbons (Fsp3) is 0.556. The minimum Gasteiger partial charge on any atom is -0.507 e. The van der Waals surface area contributed by atoms with Crippen LogP contribution in [0, 0.1) is 0 Å². The lowest BCUT2D eigenvalue weighted by Crippen LogP contribution is -2.28. The zero-order valence-electron chi connectivity index (χ0n) is 19.5. The highest BCUT2D eigenvalue weighted by Gasteiger charge is 2.35. The number of phenols is 1. The zero-order chi connectivity index (χ0) is 21.3. The normalized spacial score (nSPS) is 13.0. The third-order valence-corrected chi connectivity index (χ3v) is 5.44. The highest BCUT2D eigenvalue weighted by molar-refractivity contribution is 5.57. The Morgan fingerprint density at radius 1 is 0.679 bits per heavy atom. The molecule has 0 fully saturated rings. The SMILES string of the molecule is CC(C)(C)c1cc(CCCc2ccccc2)c(O)c(C(C)(C)C)c1C(C)(C)C. The average Bonchev–Trinajstić information content (AvgIpc) is 2.53. The predicted octanol–water partition coefficient (Wildman–Crippen LogP) is 7.46. The zero-order valence-corrected chi connectivity index (χ0v) is 19.5. The third-order valence-electron chi connectivity index (χ3n) is 5.44. The molecule has 2 aromatic rings. The maximum absolute atomic E-state index is 11.4. The van der Waals surface area contributed by atoms with E-state index in [1.807, 2.05) is 0 Å². The number of hydrogen-bond acceptors (Lipinski definition) is 1.